The molecule has 0 fully saturated rings. The van der Waals surface area contributed by atoms with Crippen LogP contribution in [0.2, 0.25) is 0 Å². The summed E-state index contributed by atoms with van der Waals surface area (Å²) < 4.78 is 26.7. The van der Waals surface area contributed by atoms with E-state index in [4.69, 9.17) is 5.26 Å². The van der Waals surface area contributed by atoms with Crippen LogP contribution >= 0.6 is 0 Å². The largest absolute Gasteiger partial charge is 0.240 e. The van der Waals surface area contributed by atoms with Crippen LogP contribution in [0.15, 0.2) is 29.2 Å². The highest BCUT2D eigenvalue weighted by Crippen LogP contribution is 2.11. The smallest absolute Gasteiger partial charge is 0.211 e. The second-order valence-corrected chi connectivity index (χ2v) is 6.91. The number of nitrogens with one attached hydrogen (secondary N) is 1. The molecular formula is C16H24N2O2S. The first-order valence-electron chi connectivity index (χ1n) is 7.55. The Hall–Kier alpha value is -1.38. The van der Waals surface area contributed by atoms with Gasteiger partial charge in [0.15, 0.2) is 0 Å². The van der Waals surface area contributed by atoms with Gasteiger partial charge in [-0.25, -0.2) is 13.1 Å². The molecule has 0 spiro atoms. The maximum Gasteiger partial charge on any atom is 0.240 e. The van der Waals surface area contributed by atoms with Gasteiger partial charge >= 0.3 is 0 Å². The van der Waals surface area contributed by atoms with Crippen LogP contribution in [0.5, 0.6) is 0 Å². The van der Waals surface area contributed by atoms with E-state index in [1.165, 1.54) is 25.7 Å². The Morgan fingerprint density at radius 2 is 1.67 bits per heavy atom. The zero-order valence-corrected chi connectivity index (χ0v) is 13.5. The predicted molar refractivity (Wildman–Crippen MR) is 84.3 cm³/mol. The van der Waals surface area contributed by atoms with Gasteiger partial charge in [0.25, 0.3) is 0 Å². The van der Waals surface area contributed by atoms with E-state index >= 15 is 0 Å². The number of hydrogen-bond donors (Lipinski definition) is 1. The highest BCUT2D eigenvalue weighted by Gasteiger charge is 2.12. The lowest BCUT2D eigenvalue weighted by molar-refractivity contribution is 0.567. The van der Waals surface area contributed by atoms with Crippen molar-refractivity contribution in [3.05, 3.63) is 29.8 Å². The van der Waals surface area contributed by atoms with Crippen molar-refractivity contribution in [1.29, 1.82) is 5.26 Å². The second-order valence-electron chi connectivity index (χ2n) is 5.14. The third-order valence-electron chi connectivity index (χ3n) is 3.34. The number of rotatable bonds is 10. The number of unbranched alkanes of at least 4 members (excludes halogenated alkanes) is 5. The zero-order valence-electron chi connectivity index (χ0n) is 12.6. The van der Waals surface area contributed by atoms with Gasteiger partial charge in [-0.3, -0.25) is 0 Å². The SMILES string of the molecule is CCCCCCCCNS(=O)(=O)c1ccc(CC#N)cc1. The first kappa shape index (κ1) is 17.7. The Morgan fingerprint density at radius 1 is 1.05 bits per heavy atom. The average molecular weight is 308 g/mol. The van der Waals surface area contributed by atoms with Crippen molar-refractivity contribution in [2.24, 2.45) is 0 Å². The molecule has 0 bridgehead atoms. The van der Waals surface area contributed by atoms with E-state index in [1.54, 1.807) is 24.3 Å². The third-order valence-corrected chi connectivity index (χ3v) is 4.82. The lowest BCUT2D eigenvalue weighted by Gasteiger charge is -2.07. The van der Waals surface area contributed by atoms with Crippen LogP contribution in [0.1, 0.15) is 51.0 Å². The molecule has 0 atom stereocenters. The fourth-order valence-corrected chi connectivity index (χ4v) is 3.15. The van der Waals surface area contributed by atoms with Crippen LogP contribution in [0, 0.1) is 11.3 Å². The Kier molecular flexibility index (Phi) is 8.03. The van der Waals surface area contributed by atoms with Gasteiger partial charge in [0.05, 0.1) is 17.4 Å². The molecule has 0 aliphatic carbocycles. The van der Waals surface area contributed by atoms with E-state index in [-0.39, 0.29) is 4.90 Å². The molecule has 0 aromatic heterocycles. The van der Waals surface area contributed by atoms with E-state index in [9.17, 15) is 8.42 Å². The van der Waals surface area contributed by atoms with Crippen LogP contribution in [-0.4, -0.2) is 15.0 Å². The van der Waals surface area contributed by atoms with Crippen LogP contribution in [0.4, 0.5) is 0 Å². The Labute approximate surface area is 128 Å². The van der Waals surface area contributed by atoms with Crippen molar-refractivity contribution in [1.82, 2.24) is 4.72 Å². The molecule has 116 valence electrons. The minimum absolute atomic E-state index is 0.259. The lowest BCUT2D eigenvalue weighted by atomic mass is 10.1. The molecule has 0 radical (unpaired) electrons. The fourth-order valence-electron chi connectivity index (χ4n) is 2.07. The molecular weight excluding hydrogens is 284 g/mol. The van der Waals surface area contributed by atoms with Crippen LogP contribution < -0.4 is 4.72 Å². The molecule has 0 heterocycles. The molecule has 4 nitrogen and oxygen atoms in total. The van der Waals surface area contributed by atoms with Gasteiger partial charge < -0.3 is 0 Å². The molecule has 1 rings (SSSR count). The van der Waals surface area contributed by atoms with Crippen LogP contribution in [-0.2, 0) is 16.4 Å². The molecule has 0 unspecified atom stereocenters. The maximum atomic E-state index is 12.1. The van der Waals surface area contributed by atoms with E-state index in [2.05, 4.69) is 11.6 Å². The minimum atomic E-state index is -3.42. The normalized spacial score (nSPS) is 11.2. The van der Waals surface area contributed by atoms with Crippen molar-refractivity contribution >= 4 is 10.0 Å². The van der Waals surface area contributed by atoms with Crippen LogP contribution in [0.3, 0.4) is 0 Å². The number of benzene rings is 1. The molecule has 0 amide bonds. The molecule has 1 N–H and O–H groups in total. The Balaban J connectivity index is 2.37. The fraction of sp³-hybridized carbons (Fsp3) is 0.562. The summed E-state index contributed by atoms with van der Waals surface area (Å²) in [5.41, 5.74) is 0.826. The summed E-state index contributed by atoms with van der Waals surface area (Å²) in [6, 6.07) is 8.51. The molecule has 21 heavy (non-hydrogen) atoms. The van der Waals surface area contributed by atoms with Gasteiger partial charge in [-0.15, -0.1) is 0 Å². The highest BCUT2D eigenvalue weighted by molar-refractivity contribution is 7.89. The molecule has 0 aliphatic heterocycles. The monoisotopic (exact) mass is 308 g/mol. The van der Waals surface area contributed by atoms with Crippen molar-refractivity contribution < 1.29 is 8.42 Å². The predicted octanol–water partition coefficient (Wildman–Crippen LogP) is 3.39. The van der Waals surface area contributed by atoms with Crippen molar-refractivity contribution in [2.45, 2.75) is 56.8 Å². The Bertz CT molecular complexity index is 545. The number of nitrogens with zero attached hydrogens (tertiary/aromatic N) is 1. The summed E-state index contributed by atoms with van der Waals surface area (Å²) in [7, 11) is -3.42. The van der Waals surface area contributed by atoms with Gasteiger partial charge in [-0.1, -0.05) is 51.2 Å². The van der Waals surface area contributed by atoms with Crippen molar-refractivity contribution in [3.8, 4) is 6.07 Å². The van der Waals surface area contributed by atoms with E-state index < -0.39 is 10.0 Å². The van der Waals surface area contributed by atoms with Gasteiger partial charge in [0, 0.05) is 6.54 Å². The van der Waals surface area contributed by atoms with Gasteiger partial charge in [0.2, 0.25) is 10.0 Å². The number of hydrogen-bond acceptors (Lipinski definition) is 3. The summed E-state index contributed by atoms with van der Waals surface area (Å²) in [4.78, 5) is 0.259. The van der Waals surface area contributed by atoms with Gasteiger partial charge in [-0.05, 0) is 24.1 Å². The zero-order chi connectivity index (χ0) is 15.6. The molecule has 5 heteroatoms. The first-order valence-corrected chi connectivity index (χ1v) is 9.04. The summed E-state index contributed by atoms with van der Waals surface area (Å²) in [6.45, 7) is 2.66. The van der Waals surface area contributed by atoms with E-state index in [0.29, 0.717) is 13.0 Å². The van der Waals surface area contributed by atoms with Crippen molar-refractivity contribution in [2.75, 3.05) is 6.54 Å². The van der Waals surface area contributed by atoms with Gasteiger partial charge in [0.1, 0.15) is 0 Å². The van der Waals surface area contributed by atoms with E-state index in [1.807, 2.05) is 6.07 Å². The quantitative estimate of drug-likeness (QED) is 0.673. The maximum absolute atomic E-state index is 12.1. The molecule has 1 aromatic carbocycles. The molecule has 1 aromatic rings. The topological polar surface area (TPSA) is 70.0 Å². The Morgan fingerprint density at radius 3 is 2.29 bits per heavy atom. The number of nitriles is 1. The standard InChI is InChI=1S/C16H24N2O2S/c1-2-3-4-5-6-7-14-18-21(19,20)16-10-8-15(9-11-16)12-13-17/h8-11,18H,2-7,12,14H2,1H3. The average Bonchev–Trinajstić information content (AvgIpc) is 2.47. The second kappa shape index (κ2) is 9.54. The summed E-state index contributed by atoms with van der Waals surface area (Å²) in [6.07, 6.45) is 7.09. The third kappa shape index (κ3) is 6.74. The lowest BCUT2D eigenvalue weighted by Crippen LogP contribution is -2.24. The molecule has 0 aliphatic rings. The van der Waals surface area contributed by atoms with E-state index in [0.717, 1.165) is 18.4 Å². The highest BCUT2D eigenvalue weighted by atomic mass is 32.2. The first-order chi connectivity index (χ1) is 10.1. The summed E-state index contributed by atoms with van der Waals surface area (Å²) in [5, 5.41) is 8.59. The van der Waals surface area contributed by atoms with Gasteiger partial charge in [-0.2, -0.15) is 5.26 Å². The summed E-state index contributed by atoms with van der Waals surface area (Å²) in [5.74, 6) is 0. The summed E-state index contributed by atoms with van der Waals surface area (Å²) >= 11 is 0. The minimum Gasteiger partial charge on any atom is -0.211 e. The molecule has 0 saturated carbocycles. The molecule has 0 saturated heterocycles. The number of sulfonamides is 1. The van der Waals surface area contributed by atoms with Crippen molar-refractivity contribution in [3.63, 3.8) is 0 Å². The van der Waals surface area contributed by atoms with Crippen LogP contribution in [0.25, 0.3) is 0 Å².